The summed E-state index contributed by atoms with van der Waals surface area (Å²) in [6, 6.07) is 19.1. The van der Waals surface area contributed by atoms with Crippen molar-refractivity contribution in [1.29, 1.82) is 0 Å². The van der Waals surface area contributed by atoms with E-state index in [1.165, 1.54) is 0 Å². The minimum atomic E-state index is -0.687. The van der Waals surface area contributed by atoms with Crippen LogP contribution in [0.25, 0.3) is 6.08 Å². The van der Waals surface area contributed by atoms with Gasteiger partial charge in [0.15, 0.2) is 0 Å². The fourth-order valence-electron chi connectivity index (χ4n) is 1.77. The predicted molar refractivity (Wildman–Crippen MR) is 74.9 cm³/mol. The molecule has 0 heterocycles. The van der Waals surface area contributed by atoms with Crippen molar-refractivity contribution in [3.63, 3.8) is 0 Å². The highest BCUT2D eigenvalue weighted by Gasteiger charge is 2.12. The quantitative estimate of drug-likeness (QED) is 0.861. The van der Waals surface area contributed by atoms with E-state index in [0.717, 1.165) is 11.1 Å². The highest BCUT2D eigenvalue weighted by Crippen LogP contribution is 2.15. The van der Waals surface area contributed by atoms with Crippen LogP contribution in [0.15, 0.2) is 66.7 Å². The van der Waals surface area contributed by atoms with E-state index < -0.39 is 12.1 Å². The Morgan fingerprint density at radius 3 is 2.06 bits per heavy atom. The molecule has 0 saturated carbocycles. The first-order chi connectivity index (χ1) is 8.77. The Morgan fingerprint density at radius 2 is 1.44 bits per heavy atom. The molecule has 2 aromatic carbocycles. The molecule has 0 aliphatic heterocycles. The molecule has 0 amide bonds. The van der Waals surface area contributed by atoms with E-state index in [1.54, 1.807) is 6.08 Å². The number of nitrogens with two attached hydrogens (primary N) is 1. The highest BCUT2D eigenvalue weighted by molar-refractivity contribution is 5.49. The van der Waals surface area contributed by atoms with Gasteiger partial charge in [-0.15, -0.1) is 0 Å². The number of aliphatic hydroxyl groups excluding tert-OH is 1. The molecular formula is C16H17NO. The van der Waals surface area contributed by atoms with Crippen molar-refractivity contribution in [3.8, 4) is 0 Å². The maximum absolute atomic E-state index is 10.0. The first-order valence-electron chi connectivity index (χ1n) is 5.99. The summed E-state index contributed by atoms with van der Waals surface area (Å²) in [6.07, 6.45) is 2.92. The van der Waals surface area contributed by atoms with E-state index in [2.05, 4.69) is 0 Å². The SMILES string of the molecule is NC(c1ccccc1)C(O)/C=C/c1ccccc1. The molecule has 2 aromatic rings. The van der Waals surface area contributed by atoms with Gasteiger partial charge in [-0.3, -0.25) is 0 Å². The van der Waals surface area contributed by atoms with Gasteiger partial charge in [-0.25, -0.2) is 0 Å². The summed E-state index contributed by atoms with van der Waals surface area (Å²) >= 11 is 0. The van der Waals surface area contributed by atoms with Crippen LogP contribution in [0, 0.1) is 0 Å². The van der Waals surface area contributed by atoms with Gasteiger partial charge in [0, 0.05) is 0 Å². The van der Waals surface area contributed by atoms with E-state index in [1.807, 2.05) is 66.7 Å². The van der Waals surface area contributed by atoms with Crippen LogP contribution in [-0.4, -0.2) is 11.2 Å². The third kappa shape index (κ3) is 3.29. The van der Waals surface area contributed by atoms with Crippen molar-refractivity contribution < 1.29 is 5.11 Å². The highest BCUT2D eigenvalue weighted by atomic mass is 16.3. The Balaban J connectivity index is 2.04. The Bertz CT molecular complexity index is 493. The molecular weight excluding hydrogens is 222 g/mol. The van der Waals surface area contributed by atoms with E-state index in [9.17, 15) is 5.11 Å². The summed E-state index contributed by atoms with van der Waals surface area (Å²) < 4.78 is 0. The minimum Gasteiger partial charge on any atom is -0.387 e. The van der Waals surface area contributed by atoms with Gasteiger partial charge in [-0.05, 0) is 11.1 Å². The summed E-state index contributed by atoms with van der Waals surface area (Å²) in [6.45, 7) is 0. The molecule has 0 radical (unpaired) electrons. The van der Waals surface area contributed by atoms with Crippen LogP contribution in [0.2, 0.25) is 0 Å². The minimum absolute atomic E-state index is 0.397. The van der Waals surface area contributed by atoms with Crippen LogP contribution in [0.4, 0.5) is 0 Å². The molecule has 18 heavy (non-hydrogen) atoms. The Labute approximate surface area is 107 Å². The van der Waals surface area contributed by atoms with Gasteiger partial charge in [0.2, 0.25) is 0 Å². The molecule has 0 spiro atoms. The van der Waals surface area contributed by atoms with Crippen molar-refractivity contribution in [3.05, 3.63) is 77.9 Å². The van der Waals surface area contributed by atoms with Crippen molar-refractivity contribution in [1.82, 2.24) is 0 Å². The molecule has 2 atom stereocenters. The third-order valence-corrected chi connectivity index (χ3v) is 2.84. The Kier molecular flexibility index (Phi) is 4.29. The molecule has 0 aliphatic carbocycles. The van der Waals surface area contributed by atoms with Gasteiger partial charge in [0.25, 0.3) is 0 Å². The summed E-state index contributed by atoms with van der Waals surface area (Å²) in [5.41, 5.74) is 7.99. The second-order valence-corrected chi connectivity index (χ2v) is 4.20. The van der Waals surface area contributed by atoms with Crippen molar-refractivity contribution in [2.24, 2.45) is 5.73 Å². The van der Waals surface area contributed by atoms with Crippen LogP contribution in [0.5, 0.6) is 0 Å². The van der Waals surface area contributed by atoms with Crippen LogP contribution in [0.3, 0.4) is 0 Å². The first kappa shape index (κ1) is 12.6. The molecule has 0 aromatic heterocycles. The van der Waals surface area contributed by atoms with Gasteiger partial charge in [0.05, 0.1) is 12.1 Å². The fraction of sp³-hybridized carbons (Fsp3) is 0.125. The lowest BCUT2D eigenvalue weighted by atomic mass is 10.0. The fourth-order valence-corrected chi connectivity index (χ4v) is 1.77. The van der Waals surface area contributed by atoms with Crippen LogP contribution in [0.1, 0.15) is 17.2 Å². The Hall–Kier alpha value is -1.90. The van der Waals surface area contributed by atoms with Gasteiger partial charge in [-0.1, -0.05) is 72.8 Å². The lowest BCUT2D eigenvalue weighted by Gasteiger charge is -2.15. The number of hydrogen-bond donors (Lipinski definition) is 2. The molecule has 0 aliphatic rings. The maximum atomic E-state index is 10.0. The molecule has 3 N–H and O–H groups in total. The summed E-state index contributed by atoms with van der Waals surface area (Å²) in [5.74, 6) is 0. The standard InChI is InChI=1S/C16H17NO/c17-16(14-9-5-2-6-10-14)15(18)12-11-13-7-3-1-4-8-13/h1-12,15-16,18H,17H2/b12-11+. The van der Waals surface area contributed by atoms with Crippen molar-refractivity contribution in [2.75, 3.05) is 0 Å². The van der Waals surface area contributed by atoms with Crippen LogP contribution < -0.4 is 5.73 Å². The van der Waals surface area contributed by atoms with E-state index in [4.69, 9.17) is 5.73 Å². The topological polar surface area (TPSA) is 46.2 Å². The largest absolute Gasteiger partial charge is 0.387 e. The Morgan fingerprint density at radius 1 is 0.889 bits per heavy atom. The smallest absolute Gasteiger partial charge is 0.0916 e. The predicted octanol–water partition coefficient (Wildman–Crippen LogP) is 2.76. The molecule has 0 bridgehead atoms. The zero-order valence-electron chi connectivity index (χ0n) is 10.1. The summed E-state index contributed by atoms with van der Waals surface area (Å²) in [4.78, 5) is 0. The monoisotopic (exact) mass is 239 g/mol. The van der Waals surface area contributed by atoms with Crippen LogP contribution in [-0.2, 0) is 0 Å². The van der Waals surface area contributed by atoms with E-state index >= 15 is 0 Å². The van der Waals surface area contributed by atoms with Gasteiger partial charge < -0.3 is 10.8 Å². The molecule has 2 unspecified atom stereocenters. The number of aliphatic hydroxyl groups is 1. The maximum Gasteiger partial charge on any atom is 0.0916 e. The third-order valence-electron chi connectivity index (χ3n) is 2.84. The lowest BCUT2D eigenvalue weighted by Crippen LogP contribution is -2.24. The summed E-state index contributed by atoms with van der Waals surface area (Å²) in [5, 5.41) is 10.0. The van der Waals surface area contributed by atoms with Crippen LogP contribution >= 0.6 is 0 Å². The number of rotatable bonds is 4. The lowest BCUT2D eigenvalue weighted by molar-refractivity contribution is 0.193. The molecule has 2 heteroatoms. The molecule has 2 rings (SSSR count). The second-order valence-electron chi connectivity index (χ2n) is 4.20. The average Bonchev–Trinajstić information content (AvgIpc) is 2.46. The molecule has 2 nitrogen and oxygen atoms in total. The zero-order chi connectivity index (χ0) is 12.8. The molecule has 92 valence electrons. The summed E-state index contributed by atoms with van der Waals surface area (Å²) in [7, 11) is 0. The second kappa shape index (κ2) is 6.15. The molecule has 0 fully saturated rings. The van der Waals surface area contributed by atoms with Gasteiger partial charge in [-0.2, -0.15) is 0 Å². The average molecular weight is 239 g/mol. The zero-order valence-corrected chi connectivity index (χ0v) is 10.1. The molecule has 0 saturated heterocycles. The first-order valence-corrected chi connectivity index (χ1v) is 5.99. The number of benzene rings is 2. The van der Waals surface area contributed by atoms with Gasteiger partial charge >= 0.3 is 0 Å². The van der Waals surface area contributed by atoms with Gasteiger partial charge in [0.1, 0.15) is 0 Å². The van der Waals surface area contributed by atoms with Crippen molar-refractivity contribution >= 4 is 6.08 Å². The normalized spacial score (nSPS) is 14.6. The van der Waals surface area contributed by atoms with E-state index in [-0.39, 0.29) is 0 Å². The number of hydrogen-bond acceptors (Lipinski definition) is 2. The van der Waals surface area contributed by atoms with E-state index in [0.29, 0.717) is 0 Å². The van der Waals surface area contributed by atoms with Crippen molar-refractivity contribution in [2.45, 2.75) is 12.1 Å².